The second kappa shape index (κ2) is 3.29. The minimum absolute atomic E-state index is 0.0759. The molecule has 0 bridgehead atoms. The average molecular weight is 207 g/mol. The third kappa shape index (κ3) is 1.57. The van der Waals surface area contributed by atoms with Crippen LogP contribution in [0.2, 0.25) is 0 Å². The number of anilines is 2. The number of nitro groups is 1. The van der Waals surface area contributed by atoms with Crippen molar-refractivity contribution in [1.29, 1.82) is 0 Å². The maximum Gasteiger partial charge on any atom is 0.240 e. The van der Waals surface area contributed by atoms with Crippen molar-refractivity contribution in [1.82, 2.24) is 20.2 Å². The van der Waals surface area contributed by atoms with Gasteiger partial charge in [-0.3, -0.25) is 0 Å². The lowest BCUT2D eigenvalue weighted by molar-refractivity contribution is -0.445. The fraction of sp³-hybridized carbons (Fsp3) is 0. The molecule has 0 unspecified atom stereocenters. The summed E-state index contributed by atoms with van der Waals surface area (Å²) in [6.45, 7) is 0. The van der Waals surface area contributed by atoms with Gasteiger partial charge in [-0.1, -0.05) is 5.43 Å². The highest BCUT2D eigenvalue weighted by molar-refractivity contribution is 5.90. The third-order valence-corrected chi connectivity index (χ3v) is 1.62. The summed E-state index contributed by atoms with van der Waals surface area (Å²) in [4.78, 5) is 18.0. The van der Waals surface area contributed by atoms with Crippen LogP contribution in [0, 0.1) is 10.1 Å². The van der Waals surface area contributed by atoms with Gasteiger partial charge in [-0.15, -0.1) is 10.2 Å². The smallest absolute Gasteiger partial charge is 0.240 e. The zero-order chi connectivity index (χ0) is 10.8. The number of fused-ring (bicyclic) bond motifs is 1. The Bertz CT molecular complexity index is 528. The van der Waals surface area contributed by atoms with E-state index in [1.165, 1.54) is 12.4 Å². The maximum atomic E-state index is 10.2. The number of hydrogen-bond donors (Lipinski definition) is 2. The van der Waals surface area contributed by atoms with Crippen molar-refractivity contribution < 1.29 is 5.03 Å². The first-order valence-corrected chi connectivity index (χ1v) is 3.82. The first-order valence-electron chi connectivity index (χ1n) is 3.82. The number of nitrogens with two attached hydrogens (primary N) is 1. The van der Waals surface area contributed by atoms with Crippen LogP contribution >= 0.6 is 0 Å². The number of rotatable bonds is 2. The van der Waals surface area contributed by atoms with Crippen LogP contribution in [0.1, 0.15) is 0 Å². The lowest BCUT2D eigenvalue weighted by Crippen LogP contribution is -2.12. The summed E-state index contributed by atoms with van der Waals surface area (Å²) < 4.78 is 0. The quantitative estimate of drug-likeness (QED) is 0.502. The van der Waals surface area contributed by atoms with E-state index in [-0.39, 0.29) is 22.7 Å². The van der Waals surface area contributed by atoms with Crippen LogP contribution < -0.4 is 11.2 Å². The van der Waals surface area contributed by atoms with Gasteiger partial charge in [0.05, 0.1) is 0 Å². The van der Waals surface area contributed by atoms with Crippen molar-refractivity contribution in [3.05, 3.63) is 22.5 Å². The molecule has 0 fully saturated rings. The summed E-state index contributed by atoms with van der Waals surface area (Å²) >= 11 is 0. The summed E-state index contributed by atoms with van der Waals surface area (Å²) in [5, 5.41) is 16.5. The molecular weight excluding hydrogens is 202 g/mol. The average Bonchev–Trinajstić information content (AvgIpc) is 2.22. The SMILES string of the molecule is Nc1nnc(N[N+](=O)[O-])c2nccnc12. The van der Waals surface area contributed by atoms with Crippen molar-refractivity contribution in [2.45, 2.75) is 0 Å². The Balaban J connectivity index is 2.66. The Morgan fingerprint density at radius 1 is 1.27 bits per heavy atom. The molecule has 0 amide bonds. The molecule has 2 aromatic rings. The Labute approximate surface area is 82.5 Å². The van der Waals surface area contributed by atoms with Crippen molar-refractivity contribution >= 4 is 22.7 Å². The number of hydrazine groups is 1. The molecule has 0 aromatic carbocycles. The molecule has 15 heavy (non-hydrogen) atoms. The third-order valence-electron chi connectivity index (χ3n) is 1.62. The molecule has 0 saturated heterocycles. The van der Waals surface area contributed by atoms with Crippen molar-refractivity contribution in [2.24, 2.45) is 0 Å². The first-order chi connectivity index (χ1) is 7.18. The van der Waals surface area contributed by atoms with Crippen molar-refractivity contribution in [3.63, 3.8) is 0 Å². The van der Waals surface area contributed by atoms with Gasteiger partial charge >= 0.3 is 0 Å². The highest BCUT2D eigenvalue weighted by Crippen LogP contribution is 2.18. The number of nitrogens with one attached hydrogen (secondary N) is 1. The molecule has 76 valence electrons. The van der Waals surface area contributed by atoms with Crippen LogP contribution in [0.25, 0.3) is 11.0 Å². The Kier molecular flexibility index (Phi) is 1.97. The summed E-state index contributed by atoms with van der Waals surface area (Å²) in [7, 11) is 0. The van der Waals surface area contributed by atoms with E-state index in [0.717, 1.165) is 0 Å². The van der Waals surface area contributed by atoms with Gasteiger partial charge in [0.2, 0.25) is 5.82 Å². The van der Waals surface area contributed by atoms with Crippen molar-refractivity contribution in [3.8, 4) is 0 Å². The van der Waals surface area contributed by atoms with Crippen molar-refractivity contribution in [2.75, 3.05) is 11.2 Å². The van der Waals surface area contributed by atoms with Crippen LogP contribution in [0.5, 0.6) is 0 Å². The second-order valence-corrected chi connectivity index (χ2v) is 2.56. The van der Waals surface area contributed by atoms with Gasteiger partial charge in [0.15, 0.2) is 10.9 Å². The molecule has 3 N–H and O–H groups in total. The van der Waals surface area contributed by atoms with Crippen LogP contribution in [-0.4, -0.2) is 25.2 Å². The fourth-order valence-corrected chi connectivity index (χ4v) is 1.06. The van der Waals surface area contributed by atoms with Crippen LogP contribution in [0.15, 0.2) is 12.4 Å². The van der Waals surface area contributed by atoms with Gasteiger partial charge in [0.1, 0.15) is 11.0 Å². The van der Waals surface area contributed by atoms with Gasteiger partial charge < -0.3 is 5.73 Å². The highest BCUT2D eigenvalue weighted by Gasteiger charge is 2.12. The normalized spacial score (nSPS) is 10.1. The van der Waals surface area contributed by atoms with Gasteiger partial charge in [-0.2, -0.15) is 0 Å². The van der Waals surface area contributed by atoms with E-state index in [4.69, 9.17) is 5.73 Å². The number of nitrogens with zero attached hydrogens (tertiary/aromatic N) is 5. The molecule has 0 aliphatic rings. The molecule has 0 saturated carbocycles. The van der Waals surface area contributed by atoms with E-state index in [1.807, 2.05) is 5.43 Å². The van der Waals surface area contributed by atoms with Crippen LogP contribution in [0.4, 0.5) is 11.6 Å². The first kappa shape index (κ1) is 8.99. The van der Waals surface area contributed by atoms with E-state index in [9.17, 15) is 10.1 Å². The Morgan fingerprint density at radius 3 is 2.60 bits per heavy atom. The molecule has 0 spiro atoms. The van der Waals surface area contributed by atoms with E-state index >= 15 is 0 Å². The van der Waals surface area contributed by atoms with E-state index < -0.39 is 5.03 Å². The molecule has 9 heteroatoms. The molecule has 0 atom stereocenters. The van der Waals surface area contributed by atoms with Gasteiger partial charge in [0, 0.05) is 12.4 Å². The highest BCUT2D eigenvalue weighted by atomic mass is 16.7. The zero-order valence-electron chi connectivity index (χ0n) is 7.28. The van der Waals surface area contributed by atoms with Gasteiger partial charge in [0.25, 0.3) is 0 Å². The topological polar surface area (TPSA) is 133 Å². The number of aromatic nitrogens is 4. The van der Waals surface area contributed by atoms with E-state index in [0.29, 0.717) is 0 Å². The standard InChI is InChI=1S/C6H5N7O2/c7-5-3-4(9-2-1-8-3)6(11-10-5)12-13(14)15/h1-2H,(H2,7,10)(H,11,12). The lowest BCUT2D eigenvalue weighted by Gasteiger charge is -2.01. The van der Waals surface area contributed by atoms with E-state index in [2.05, 4.69) is 20.2 Å². The van der Waals surface area contributed by atoms with Gasteiger partial charge in [-0.25, -0.2) is 20.1 Å². The number of hydrogen-bond acceptors (Lipinski definition) is 7. The summed E-state index contributed by atoms with van der Waals surface area (Å²) in [5.74, 6) is -0.00991. The number of nitrogen functional groups attached to an aromatic ring is 1. The molecule has 9 nitrogen and oxygen atoms in total. The summed E-state index contributed by atoms with van der Waals surface area (Å²) in [5.41, 5.74) is 7.83. The Hall–Kier alpha value is -2.58. The molecule has 2 heterocycles. The van der Waals surface area contributed by atoms with Crippen LogP contribution in [0.3, 0.4) is 0 Å². The van der Waals surface area contributed by atoms with Crippen LogP contribution in [-0.2, 0) is 0 Å². The Morgan fingerprint density at radius 2 is 1.93 bits per heavy atom. The lowest BCUT2D eigenvalue weighted by atomic mass is 10.4. The molecule has 0 aliphatic heterocycles. The fourth-order valence-electron chi connectivity index (χ4n) is 1.06. The summed E-state index contributed by atoms with van der Waals surface area (Å²) in [6.07, 6.45) is 2.80. The summed E-state index contributed by atoms with van der Waals surface area (Å²) in [6, 6.07) is 0. The van der Waals surface area contributed by atoms with E-state index in [1.54, 1.807) is 0 Å². The molecule has 2 aromatic heterocycles. The van der Waals surface area contributed by atoms with Gasteiger partial charge in [-0.05, 0) is 0 Å². The predicted octanol–water partition coefficient (Wildman–Crippen LogP) is -0.394. The second-order valence-electron chi connectivity index (χ2n) is 2.56. The maximum absolute atomic E-state index is 10.2. The molecule has 0 aliphatic carbocycles. The minimum Gasteiger partial charge on any atom is -0.380 e. The molecular formula is C6H5N7O2. The molecule has 2 rings (SSSR count). The monoisotopic (exact) mass is 207 g/mol. The largest absolute Gasteiger partial charge is 0.380 e. The molecule has 0 radical (unpaired) electrons. The zero-order valence-corrected chi connectivity index (χ0v) is 7.28. The predicted molar refractivity (Wildman–Crippen MR) is 50.2 cm³/mol. The minimum atomic E-state index is -0.756.